The van der Waals surface area contributed by atoms with Gasteiger partial charge in [-0.2, -0.15) is 0 Å². The number of nitrogens with zero attached hydrogens (tertiary/aromatic N) is 4. The molecule has 2 aromatic rings. The van der Waals surface area contributed by atoms with Crippen molar-refractivity contribution in [2.24, 2.45) is 11.8 Å². The molecule has 1 saturated carbocycles. The monoisotopic (exact) mass is 656 g/mol. The lowest BCUT2D eigenvalue weighted by Gasteiger charge is -2.39. The van der Waals surface area contributed by atoms with E-state index in [0.717, 1.165) is 18.0 Å². The molecule has 1 aliphatic heterocycles. The van der Waals surface area contributed by atoms with Crippen LogP contribution in [0, 0.1) is 11.8 Å². The largest absolute Gasteiger partial charge is 0.466 e. The molecule has 1 saturated heterocycles. The lowest BCUT2D eigenvalue weighted by Crippen LogP contribution is -2.48. The summed E-state index contributed by atoms with van der Waals surface area (Å²) in [4.78, 5) is 57.4. The van der Waals surface area contributed by atoms with Crippen LogP contribution in [0.25, 0.3) is 11.0 Å². The number of esters is 1. The van der Waals surface area contributed by atoms with Gasteiger partial charge in [0.2, 0.25) is 0 Å². The topological polar surface area (TPSA) is 112 Å². The Kier molecular flexibility index (Phi) is 12.2. The summed E-state index contributed by atoms with van der Waals surface area (Å²) in [6, 6.07) is 7.06. The molecule has 0 radical (unpaired) electrons. The number of aromatic nitrogens is 2. The van der Waals surface area contributed by atoms with Crippen molar-refractivity contribution in [1.82, 2.24) is 18.9 Å². The van der Waals surface area contributed by atoms with Crippen LogP contribution in [0.5, 0.6) is 0 Å². The number of likely N-dealkylation sites (tertiary alicyclic amines) is 1. The molecule has 0 unspecified atom stereocenters. The molecule has 1 aromatic heterocycles. The summed E-state index contributed by atoms with van der Waals surface area (Å²) in [5.41, 5.74) is -0.614. The highest BCUT2D eigenvalue weighted by Crippen LogP contribution is 2.33. The zero-order chi connectivity index (χ0) is 34.4. The molecule has 2 aliphatic rings. The number of imidazole rings is 1. The number of carbonyl (C=O) groups is 3. The van der Waals surface area contributed by atoms with Gasteiger partial charge in [0.05, 0.1) is 36.1 Å². The normalized spacial score (nSPS) is 20.3. The number of imide groups is 1. The predicted molar refractivity (Wildman–Crippen MR) is 181 cm³/mol. The molecule has 47 heavy (non-hydrogen) atoms. The van der Waals surface area contributed by atoms with Gasteiger partial charge < -0.3 is 19.1 Å². The van der Waals surface area contributed by atoms with Gasteiger partial charge in [0.1, 0.15) is 11.2 Å². The molecule has 0 spiro atoms. The predicted octanol–water partition coefficient (Wildman–Crippen LogP) is 6.76. The van der Waals surface area contributed by atoms with Crippen LogP contribution in [-0.2, 0) is 25.5 Å². The van der Waals surface area contributed by atoms with Gasteiger partial charge in [-0.15, -0.1) is 0 Å². The second kappa shape index (κ2) is 15.7. The number of carbonyl (C=O) groups excluding carboxylic acids is 3. The molecular formula is C36H56N4O7. The first-order valence-electron chi connectivity index (χ1n) is 17.5. The summed E-state index contributed by atoms with van der Waals surface area (Å²) < 4.78 is 19.9. The Labute approximate surface area is 279 Å². The van der Waals surface area contributed by atoms with E-state index >= 15 is 0 Å². The fourth-order valence-corrected chi connectivity index (χ4v) is 6.91. The summed E-state index contributed by atoms with van der Waals surface area (Å²) in [7, 11) is 0. The third kappa shape index (κ3) is 9.84. The number of hydrogen-bond donors (Lipinski definition) is 0. The van der Waals surface area contributed by atoms with Crippen LogP contribution in [0.15, 0.2) is 29.1 Å². The van der Waals surface area contributed by atoms with Gasteiger partial charge >= 0.3 is 23.8 Å². The highest BCUT2D eigenvalue weighted by molar-refractivity contribution is 5.88. The molecule has 2 heterocycles. The molecule has 262 valence electrons. The van der Waals surface area contributed by atoms with Gasteiger partial charge in [0, 0.05) is 26.2 Å². The van der Waals surface area contributed by atoms with Crippen LogP contribution >= 0.6 is 0 Å². The molecule has 4 rings (SSSR count). The van der Waals surface area contributed by atoms with Gasteiger partial charge in [0.15, 0.2) is 0 Å². The average molecular weight is 657 g/mol. The maximum absolute atomic E-state index is 14.3. The van der Waals surface area contributed by atoms with E-state index in [1.165, 1.54) is 44.9 Å². The van der Waals surface area contributed by atoms with Crippen LogP contribution in [0.1, 0.15) is 106 Å². The zero-order valence-electron chi connectivity index (χ0n) is 29.6. The van der Waals surface area contributed by atoms with Crippen molar-refractivity contribution >= 4 is 29.2 Å². The quantitative estimate of drug-likeness (QED) is 0.226. The standard InChI is InChI=1S/C36H56N4O7/c1-8-45-31(41)27-25-37(24-26-16-12-10-9-11-13-17-26)21-20-28(27)40-30-19-15-14-18-29(30)38(32(40)42)22-23-39(33(43)46-35(2,3)4)34(44)47-36(5,6)7/h14-15,18-19,26-28H,8-13,16-17,20-25H2,1-7H3/t27-,28-/m0/s1. The fraction of sp³-hybridized carbons (Fsp3) is 0.722. The van der Waals surface area contributed by atoms with Gasteiger partial charge in [-0.3, -0.25) is 13.9 Å². The van der Waals surface area contributed by atoms with E-state index in [1.54, 1.807) is 57.6 Å². The number of hydrogen-bond acceptors (Lipinski definition) is 8. The van der Waals surface area contributed by atoms with E-state index in [0.29, 0.717) is 29.9 Å². The maximum atomic E-state index is 14.3. The van der Waals surface area contributed by atoms with Crippen LogP contribution in [0.3, 0.4) is 0 Å². The smallest absolute Gasteiger partial charge is 0.419 e. The Morgan fingerprint density at radius 1 is 0.851 bits per heavy atom. The van der Waals surface area contributed by atoms with Crippen LogP contribution in [0.4, 0.5) is 9.59 Å². The van der Waals surface area contributed by atoms with E-state index in [4.69, 9.17) is 14.2 Å². The molecule has 2 amide bonds. The van der Waals surface area contributed by atoms with Crippen molar-refractivity contribution in [3.63, 3.8) is 0 Å². The number of para-hydroxylation sites is 2. The van der Waals surface area contributed by atoms with Gasteiger partial charge in [-0.05, 0) is 85.8 Å². The SMILES string of the molecule is CCOC(=O)[C@H]1CN(CC2CCCCCCC2)CC[C@@H]1n1c(=O)n(CCN(C(=O)OC(C)(C)C)C(=O)OC(C)(C)C)c2ccccc21. The second-order valence-electron chi connectivity index (χ2n) is 15.1. The van der Waals surface area contributed by atoms with E-state index in [2.05, 4.69) is 4.90 Å². The Hall–Kier alpha value is -3.34. The molecule has 11 nitrogen and oxygen atoms in total. The van der Waals surface area contributed by atoms with E-state index < -0.39 is 35.3 Å². The Balaban J connectivity index is 1.63. The first-order valence-corrected chi connectivity index (χ1v) is 17.5. The van der Waals surface area contributed by atoms with E-state index in [-0.39, 0.29) is 31.4 Å². The summed E-state index contributed by atoms with van der Waals surface area (Å²) >= 11 is 0. The number of ether oxygens (including phenoxy) is 3. The molecule has 11 heteroatoms. The van der Waals surface area contributed by atoms with Crippen molar-refractivity contribution in [3.8, 4) is 0 Å². The van der Waals surface area contributed by atoms with Crippen molar-refractivity contribution in [2.45, 2.75) is 124 Å². The number of amides is 2. The number of rotatable bonds is 8. The van der Waals surface area contributed by atoms with E-state index in [1.807, 2.05) is 24.3 Å². The lowest BCUT2D eigenvalue weighted by atomic mass is 9.88. The Bertz CT molecular complexity index is 1400. The van der Waals surface area contributed by atoms with Crippen molar-refractivity contribution in [1.29, 1.82) is 0 Å². The average Bonchev–Trinajstić information content (AvgIpc) is 3.23. The third-order valence-corrected chi connectivity index (χ3v) is 8.97. The highest BCUT2D eigenvalue weighted by atomic mass is 16.6. The van der Waals surface area contributed by atoms with Gasteiger partial charge in [0.25, 0.3) is 0 Å². The second-order valence-corrected chi connectivity index (χ2v) is 15.1. The summed E-state index contributed by atoms with van der Waals surface area (Å²) in [6.07, 6.45) is 7.82. The highest BCUT2D eigenvalue weighted by Gasteiger charge is 2.39. The first-order chi connectivity index (χ1) is 22.2. The minimum atomic E-state index is -0.845. The molecule has 0 bridgehead atoms. The zero-order valence-corrected chi connectivity index (χ0v) is 29.6. The minimum absolute atomic E-state index is 0.0232. The first kappa shape index (κ1) is 36.5. The molecular weight excluding hydrogens is 600 g/mol. The van der Waals surface area contributed by atoms with Crippen LogP contribution in [0.2, 0.25) is 0 Å². The molecule has 0 N–H and O–H groups in total. The molecule has 1 aliphatic carbocycles. The van der Waals surface area contributed by atoms with E-state index in [9.17, 15) is 19.2 Å². The molecule has 2 fully saturated rings. The van der Waals surface area contributed by atoms with Crippen molar-refractivity contribution in [3.05, 3.63) is 34.7 Å². The van der Waals surface area contributed by atoms with Crippen molar-refractivity contribution in [2.75, 3.05) is 32.8 Å². The number of fused-ring (bicyclic) bond motifs is 1. The minimum Gasteiger partial charge on any atom is -0.466 e. The summed E-state index contributed by atoms with van der Waals surface area (Å²) in [5, 5.41) is 0. The fourth-order valence-electron chi connectivity index (χ4n) is 6.91. The number of benzene rings is 1. The Morgan fingerprint density at radius 3 is 2.00 bits per heavy atom. The number of piperidine rings is 1. The third-order valence-electron chi connectivity index (χ3n) is 8.97. The summed E-state index contributed by atoms with van der Waals surface area (Å²) in [5.74, 6) is -0.170. The lowest BCUT2D eigenvalue weighted by molar-refractivity contribution is -0.152. The molecule has 2 atom stereocenters. The Morgan fingerprint density at radius 2 is 1.43 bits per heavy atom. The summed E-state index contributed by atoms with van der Waals surface area (Å²) in [6.45, 7) is 14.6. The van der Waals surface area contributed by atoms with Gasteiger partial charge in [-0.1, -0.05) is 44.2 Å². The van der Waals surface area contributed by atoms with Crippen LogP contribution in [-0.4, -0.2) is 81.1 Å². The van der Waals surface area contributed by atoms with Gasteiger partial charge in [-0.25, -0.2) is 19.3 Å². The molecule has 1 aromatic carbocycles. The van der Waals surface area contributed by atoms with Crippen LogP contribution < -0.4 is 5.69 Å². The maximum Gasteiger partial charge on any atom is 0.419 e. The van der Waals surface area contributed by atoms with Crippen molar-refractivity contribution < 1.29 is 28.6 Å².